The molecule has 0 saturated heterocycles. The van der Waals surface area contributed by atoms with E-state index in [0.29, 0.717) is 11.1 Å². The number of carbonyl (C=O) groups excluding carboxylic acids is 3. The molecule has 1 unspecified atom stereocenters. The normalized spacial score (nSPS) is 22.0. The number of amides is 2. The zero-order valence-electron chi connectivity index (χ0n) is 21.1. The first-order valence-electron chi connectivity index (χ1n) is 12.7. The van der Waals surface area contributed by atoms with Crippen LogP contribution in [0.15, 0.2) is 97.2 Å². The molecule has 0 saturated carbocycles. The maximum atomic E-state index is 13.1. The summed E-state index contributed by atoms with van der Waals surface area (Å²) < 4.78 is 5.26. The highest BCUT2D eigenvalue weighted by Gasteiger charge is 2.42. The number of benzene rings is 1. The minimum Gasteiger partial charge on any atom is -0.464 e. The summed E-state index contributed by atoms with van der Waals surface area (Å²) in [4.78, 5) is 40.1. The van der Waals surface area contributed by atoms with Gasteiger partial charge in [-0.3, -0.25) is 14.5 Å². The van der Waals surface area contributed by atoms with Gasteiger partial charge in [0.15, 0.2) is 0 Å². The van der Waals surface area contributed by atoms with E-state index in [4.69, 9.17) is 4.74 Å². The highest BCUT2D eigenvalue weighted by Crippen LogP contribution is 2.30. The Hall–Kier alpha value is -3.73. The summed E-state index contributed by atoms with van der Waals surface area (Å²) in [5.41, 5.74) is 0.141. The molecule has 1 aliphatic carbocycles. The molecule has 0 fully saturated rings. The van der Waals surface area contributed by atoms with E-state index in [1.54, 1.807) is 31.2 Å². The van der Waals surface area contributed by atoms with E-state index in [1.165, 1.54) is 0 Å². The van der Waals surface area contributed by atoms with Gasteiger partial charge in [-0.05, 0) is 51.2 Å². The number of hydrogen-bond acceptors (Lipinski definition) is 4. The summed E-state index contributed by atoms with van der Waals surface area (Å²) in [6, 6.07) is 5.61. The third-order valence-electron chi connectivity index (χ3n) is 6.07. The first kappa shape index (κ1) is 26.9. The Balaban J connectivity index is 1.92. The first-order chi connectivity index (χ1) is 17.5. The molecule has 1 aliphatic heterocycles. The summed E-state index contributed by atoms with van der Waals surface area (Å²) in [6.07, 6.45) is 28.9. The Morgan fingerprint density at radius 1 is 0.889 bits per heavy atom. The molecule has 2 amide bonds. The van der Waals surface area contributed by atoms with Crippen LogP contribution in [0, 0.1) is 5.41 Å². The van der Waals surface area contributed by atoms with Gasteiger partial charge in [-0.15, -0.1) is 0 Å². The second kappa shape index (κ2) is 13.4. The zero-order valence-corrected chi connectivity index (χ0v) is 21.1. The fourth-order valence-electron chi connectivity index (χ4n) is 4.26. The van der Waals surface area contributed by atoms with Crippen molar-refractivity contribution in [2.45, 2.75) is 52.0 Å². The van der Waals surface area contributed by atoms with Crippen molar-refractivity contribution in [2.75, 3.05) is 6.61 Å². The Kier molecular flexibility index (Phi) is 9.99. The Morgan fingerprint density at radius 3 is 1.94 bits per heavy atom. The predicted molar refractivity (Wildman–Crippen MR) is 143 cm³/mol. The van der Waals surface area contributed by atoms with E-state index in [-0.39, 0.29) is 13.0 Å². The van der Waals surface area contributed by atoms with Crippen LogP contribution in [0.2, 0.25) is 0 Å². The maximum Gasteiger partial charge on any atom is 0.329 e. The van der Waals surface area contributed by atoms with E-state index >= 15 is 0 Å². The molecule has 2 aliphatic rings. The third kappa shape index (κ3) is 6.69. The minimum absolute atomic E-state index is 0.160. The summed E-state index contributed by atoms with van der Waals surface area (Å²) in [7, 11) is 0. The van der Waals surface area contributed by atoms with E-state index in [1.807, 2.05) is 12.2 Å². The Labute approximate surface area is 214 Å². The highest BCUT2D eigenvalue weighted by atomic mass is 16.5. The second-order valence-corrected chi connectivity index (χ2v) is 8.70. The molecule has 0 aromatic heterocycles. The van der Waals surface area contributed by atoms with Gasteiger partial charge in [-0.2, -0.15) is 0 Å². The number of fused-ring (bicyclic) bond motifs is 1. The summed E-state index contributed by atoms with van der Waals surface area (Å²) in [6.45, 7) is 3.96. The van der Waals surface area contributed by atoms with Crippen LogP contribution in [0.3, 0.4) is 0 Å². The molecule has 1 aromatic rings. The fourth-order valence-corrected chi connectivity index (χ4v) is 4.26. The van der Waals surface area contributed by atoms with Crippen molar-refractivity contribution < 1.29 is 19.1 Å². The van der Waals surface area contributed by atoms with E-state index in [2.05, 4.69) is 67.7 Å². The molecule has 1 heterocycles. The number of imide groups is 1. The van der Waals surface area contributed by atoms with Crippen molar-refractivity contribution in [1.82, 2.24) is 4.90 Å². The summed E-state index contributed by atoms with van der Waals surface area (Å²) in [5.74, 6) is -1.52. The van der Waals surface area contributed by atoms with Gasteiger partial charge in [0.1, 0.15) is 6.04 Å². The fraction of sp³-hybridized carbons (Fsp3) is 0.323. The van der Waals surface area contributed by atoms with Gasteiger partial charge in [0.2, 0.25) is 0 Å². The second-order valence-electron chi connectivity index (χ2n) is 8.70. The van der Waals surface area contributed by atoms with Crippen LogP contribution < -0.4 is 0 Å². The highest BCUT2D eigenvalue weighted by molar-refractivity contribution is 6.22. The van der Waals surface area contributed by atoms with Gasteiger partial charge >= 0.3 is 5.97 Å². The molecule has 0 radical (unpaired) electrons. The van der Waals surface area contributed by atoms with Crippen LogP contribution in [0.25, 0.3) is 0 Å². The number of rotatable bonds is 8. The number of ether oxygens (including phenoxy) is 1. The van der Waals surface area contributed by atoms with Crippen LogP contribution in [-0.2, 0) is 9.53 Å². The quantitative estimate of drug-likeness (QED) is 0.239. The van der Waals surface area contributed by atoms with Gasteiger partial charge in [0.05, 0.1) is 17.7 Å². The molecule has 188 valence electrons. The lowest BCUT2D eigenvalue weighted by Crippen LogP contribution is -2.45. The third-order valence-corrected chi connectivity index (χ3v) is 6.07. The van der Waals surface area contributed by atoms with Crippen molar-refractivity contribution in [3.63, 3.8) is 0 Å². The molecule has 0 spiro atoms. The van der Waals surface area contributed by atoms with Crippen molar-refractivity contribution in [3.05, 3.63) is 108 Å². The SMILES string of the molecule is CC/C=C\C1(/C=C\CC(C(=O)OCC)N2C(=O)c3ccccc3C2=O)/C=C\C/C=C\C/C=C\C/C=C\1. The lowest BCUT2D eigenvalue weighted by Gasteiger charge is -2.24. The van der Waals surface area contributed by atoms with Gasteiger partial charge in [-0.1, -0.05) is 92.0 Å². The molecule has 1 atom stereocenters. The molecular formula is C31H35NO4. The summed E-state index contributed by atoms with van der Waals surface area (Å²) >= 11 is 0. The monoisotopic (exact) mass is 485 g/mol. The zero-order chi connectivity index (χ0) is 25.8. The molecule has 1 aromatic carbocycles. The molecular weight excluding hydrogens is 450 g/mol. The lowest BCUT2D eigenvalue weighted by molar-refractivity contribution is -0.147. The molecule has 5 nitrogen and oxygen atoms in total. The number of esters is 1. The smallest absolute Gasteiger partial charge is 0.329 e. The van der Waals surface area contributed by atoms with Crippen LogP contribution in [0.4, 0.5) is 0 Å². The largest absolute Gasteiger partial charge is 0.464 e. The average molecular weight is 486 g/mol. The number of allylic oxidation sites excluding steroid dienone is 11. The lowest BCUT2D eigenvalue weighted by atomic mass is 9.84. The molecule has 5 heteroatoms. The van der Waals surface area contributed by atoms with Crippen molar-refractivity contribution in [3.8, 4) is 0 Å². The van der Waals surface area contributed by atoms with Crippen molar-refractivity contribution in [2.24, 2.45) is 5.41 Å². The van der Waals surface area contributed by atoms with Gasteiger partial charge < -0.3 is 4.74 Å². The molecule has 36 heavy (non-hydrogen) atoms. The number of nitrogens with zero attached hydrogens (tertiary/aromatic N) is 1. The Bertz CT molecular complexity index is 1060. The van der Waals surface area contributed by atoms with Gasteiger partial charge in [0, 0.05) is 5.41 Å². The minimum atomic E-state index is -1.04. The molecule has 0 bridgehead atoms. The van der Waals surface area contributed by atoms with Gasteiger partial charge in [0.25, 0.3) is 11.8 Å². The molecule has 0 N–H and O–H groups in total. The Morgan fingerprint density at radius 2 is 1.42 bits per heavy atom. The standard InChI is InChI=1S/C31H35NO4/c1-3-5-21-31(22-15-11-9-7-6-8-10-12-16-23-31)24-17-20-27(30(35)36-4-2)32-28(33)25-18-13-14-19-26(25)29(32)34/h5,7-10,13-19,21-24,27H,3-4,6,11-12,20H2,1-2H3/b9-7-,10-8-,21-5-,22-15-,23-16-,24-17-. The topological polar surface area (TPSA) is 63.7 Å². The van der Waals surface area contributed by atoms with Crippen LogP contribution in [0.5, 0.6) is 0 Å². The van der Waals surface area contributed by atoms with E-state index < -0.39 is 29.2 Å². The predicted octanol–water partition coefficient (Wildman–Crippen LogP) is 6.52. The summed E-state index contributed by atoms with van der Waals surface area (Å²) in [5, 5.41) is 0. The van der Waals surface area contributed by atoms with Crippen LogP contribution >= 0.6 is 0 Å². The van der Waals surface area contributed by atoms with Crippen LogP contribution in [-0.4, -0.2) is 35.3 Å². The average Bonchev–Trinajstić information content (AvgIpc) is 3.12. The van der Waals surface area contributed by atoms with Crippen molar-refractivity contribution >= 4 is 17.8 Å². The number of hydrogen-bond donors (Lipinski definition) is 0. The molecule has 3 rings (SSSR count). The maximum absolute atomic E-state index is 13.1. The number of carbonyl (C=O) groups is 3. The van der Waals surface area contributed by atoms with Crippen LogP contribution in [0.1, 0.15) is 66.7 Å². The van der Waals surface area contributed by atoms with Crippen molar-refractivity contribution in [1.29, 1.82) is 0 Å². The van der Waals surface area contributed by atoms with Gasteiger partial charge in [-0.25, -0.2) is 4.79 Å². The van der Waals surface area contributed by atoms with E-state index in [0.717, 1.165) is 30.6 Å². The first-order valence-corrected chi connectivity index (χ1v) is 12.7. The van der Waals surface area contributed by atoms with E-state index in [9.17, 15) is 14.4 Å².